The van der Waals surface area contributed by atoms with Crippen LogP contribution in [-0.4, -0.2) is 6.54 Å². The van der Waals surface area contributed by atoms with E-state index in [4.69, 9.17) is 5.73 Å². The Morgan fingerprint density at radius 3 is 2.00 bits per heavy atom. The van der Waals surface area contributed by atoms with Gasteiger partial charge >= 0.3 is 0 Å². The standard InChI is InChI=1S/C10H14.C3H9N/c1-2-3-7-10-8-5-4-6-9-10;1-2-3-4/h4-6,8-9H,2-3,7H2,1H3;2-4H2,1H3. The Kier molecular flexibility index (Phi) is 9.66. The Morgan fingerprint density at radius 1 is 1.00 bits per heavy atom. The molecular weight excluding hydrogens is 170 g/mol. The van der Waals surface area contributed by atoms with E-state index >= 15 is 0 Å². The first-order valence-electron chi connectivity index (χ1n) is 5.59. The van der Waals surface area contributed by atoms with E-state index in [1.807, 2.05) is 0 Å². The Labute approximate surface area is 88.3 Å². The van der Waals surface area contributed by atoms with Gasteiger partial charge in [-0.2, -0.15) is 0 Å². The van der Waals surface area contributed by atoms with Gasteiger partial charge in [-0.15, -0.1) is 0 Å². The molecule has 0 unspecified atom stereocenters. The first kappa shape index (κ1) is 13.2. The Bertz CT molecular complexity index is 192. The first-order valence-corrected chi connectivity index (χ1v) is 5.59. The zero-order chi connectivity index (χ0) is 10.6. The molecule has 1 aromatic carbocycles. The van der Waals surface area contributed by atoms with Crippen molar-refractivity contribution in [3.8, 4) is 0 Å². The van der Waals surface area contributed by atoms with Crippen LogP contribution in [0.25, 0.3) is 0 Å². The van der Waals surface area contributed by atoms with Gasteiger partial charge in [0.1, 0.15) is 0 Å². The molecule has 0 radical (unpaired) electrons. The highest BCUT2D eigenvalue weighted by Gasteiger charge is 1.87. The molecule has 80 valence electrons. The van der Waals surface area contributed by atoms with Crippen molar-refractivity contribution in [3.63, 3.8) is 0 Å². The zero-order valence-corrected chi connectivity index (χ0v) is 9.50. The topological polar surface area (TPSA) is 26.0 Å². The molecule has 1 aromatic rings. The summed E-state index contributed by atoms with van der Waals surface area (Å²) < 4.78 is 0. The molecule has 0 saturated carbocycles. The number of hydrogen-bond acceptors (Lipinski definition) is 1. The van der Waals surface area contributed by atoms with Crippen molar-refractivity contribution in [3.05, 3.63) is 35.9 Å². The van der Waals surface area contributed by atoms with Crippen LogP contribution in [0, 0.1) is 0 Å². The number of hydrogen-bond donors (Lipinski definition) is 1. The molecule has 0 fully saturated rings. The average molecular weight is 193 g/mol. The van der Waals surface area contributed by atoms with Gasteiger partial charge in [-0.3, -0.25) is 0 Å². The molecule has 0 atom stereocenters. The summed E-state index contributed by atoms with van der Waals surface area (Å²) in [6.07, 6.45) is 4.93. The third-order valence-corrected chi connectivity index (χ3v) is 1.95. The Morgan fingerprint density at radius 2 is 1.57 bits per heavy atom. The van der Waals surface area contributed by atoms with Crippen LogP contribution < -0.4 is 5.73 Å². The lowest BCUT2D eigenvalue weighted by atomic mass is 10.1. The van der Waals surface area contributed by atoms with Crippen LogP contribution in [0.4, 0.5) is 0 Å². The monoisotopic (exact) mass is 193 g/mol. The largest absolute Gasteiger partial charge is 0.330 e. The van der Waals surface area contributed by atoms with Crippen LogP contribution in [0.2, 0.25) is 0 Å². The summed E-state index contributed by atoms with van der Waals surface area (Å²) in [6.45, 7) is 5.10. The maximum atomic E-state index is 5.03. The predicted octanol–water partition coefficient (Wildman–Crippen LogP) is 3.38. The summed E-state index contributed by atoms with van der Waals surface area (Å²) in [5, 5.41) is 0. The summed E-state index contributed by atoms with van der Waals surface area (Å²) in [6, 6.07) is 10.6. The molecule has 1 rings (SSSR count). The minimum Gasteiger partial charge on any atom is -0.330 e. The second kappa shape index (κ2) is 10.3. The van der Waals surface area contributed by atoms with Crippen molar-refractivity contribution < 1.29 is 0 Å². The summed E-state index contributed by atoms with van der Waals surface area (Å²) in [5.74, 6) is 0. The Hall–Kier alpha value is -0.820. The third-order valence-electron chi connectivity index (χ3n) is 1.95. The van der Waals surface area contributed by atoms with Gasteiger partial charge in [-0.1, -0.05) is 50.6 Å². The van der Waals surface area contributed by atoms with Crippen molar-refractivity contribution in [2.75, 3.05) is 6.54 Å². The highest BCUT2D eigenvalue weighted by molar-refractivity contribution is 5.14. The van der Waals surface area contributed by atoms with Crippen LogP contribution in [0.15, 0.2) is 30.3 Å². The lowest BCUT2D eigenvalue weighted by Crippen LogP contribution is -1.93. The van der Waals surface area contributed by atoms with Gasteiger partial charge in [0.25, 0.3) is 0 Å². The van der Waals surface area contributed by atoms with Gasteiger partial charge in [0.05, 0.1) is 0 Å². The van der Waals surface area contributed by atoms with E-state index in [1.54, 1.807) is 0 Å². The second-order valence-corrected chi connectivity index (χ2v) is 3.38. The number of rotatable bonds is 4. The van der Waals surface area contributed by atoms with Crippen molar-refractivity contribution >= 4 is 0 Å². The molecule has 0 bridgehead atoms. The third kappa shape index (κ3) is 7.81. The highest BCUT2D eigenvalue weighted by atomic mass is 14.5. The fraction of sp³-hybridized carbons (Fsp3) is 0.538. The number of unbranched alkanes of at least 4 members (excludes halogenated alkanes) is 1. The predicted molar refractivity (Wildman–Crippen MR) is 64.4 cm³/mol. The van der Waals surface area contributed by atoms with Gasteiger partial charge in [0, 0.05) is 0 Å². The molecule has 0 aliphatic heterocycles. The lowest BCUT2D eigenvalue weighted by Gasteiger charge is -1.96. The molecule has 0 saturated heterocycles. The molecule has 0 aliphatic carbocycles. The van der Waals surface area contributed by atoms with Crippen LogP contribution in [-0.2, 0) is 6.42 Å². The van der Waals surface area contributed by atoms with E-state index in [-0.39, 0.29) is 0 Å². The van der Waals surface area contributed by atoms with Gasteiger partial charge in [-0.25, -0.2) is 0 Å². The molecule has 1 heteroatoms. The highest BCUT2D eigenvalue weighted by Crippen LogP contribution is 2.03. The first-order chi connectivity index (χ1) is 6.85. The fourth-order valence-electron chi connectivity index (χ4n) is 1.03. The molecule has 0 aliphatic rings. The zero-order valence-electron chi connectivity index (χ0n) is 9.50. The van der Waals surface area contributed by atoms with Crippen LogP contribution in [0.5, 0.6) is 0 Å². The molecule has 0 spiro atoms. The minimum absolute atomic E-state index is 0.819. The number of nitrogens with two attached hydrogens (primary N) is 1. The molecule has 14 heavy (non-hydrogen) atoms. The number of benzene rings is 1. The summed E-state index contributed by atoms with van der Waals surface area (Å²) >= 11 is 0. The second-order valence-electron chi connectivity index (χ2n) is 3.38. The van der Waals surface area contributed by atoms with Gasteiger partial charge in [-0.05, 0) is 31.4 Å². The Balaban J connectivity index is 0.000000364. The normalized spacial score (nSPS) is 9.07. The summed E-state index contributed by atoms with van der Waals surface area (Å²) in [5.41, 5.74) is 6.49. The molecule has 0 amide bonds. The summed E-state index contributed by atoms with van der Waals surface area (Å²) in [4.78, 5) is 0. The molecule has 0 aromatic heterocycles. The smallest absolute Gasteiger partial charge is 0.00799 e. The molecule has 0 heterocycles. The SMILES string of the molecule is CCCCc1ccccc1.CCCN. The van der Waals surface area contributed by atoms with Crippen molar-refractivity contribution in [1.29, 1.82) is 0 Å². The van der Waals surface area contributed by atoms with Crippen LogP contribution >= 0.6 is 0 Å². The van der Waals surface area contributed by atoms with Crippen molar-refractivity contribution in [1.82, 2.24) is 0 Å². The molecule has 2 N–H and O–H groups in total. The fourth-order valence-corrected chi connectivity index (χ4v) is 1.03. The van der Waals surface area contributed by atoms with Gasteiger partial charge < -0.3 is 5.73 Å². The quantitative estimate of drug-likeness (QED) is 0.779. The van der Waals surface area contributed by atoms with E-state index in [0.29, 0.717) is 0 Å². The molecule has 1 nitrogen and oxygen atoms in total. The van der Waals surface area contributed by atoms with Gasteiger partial charge in [0.2, 0.25) is 0 Å². The molecular formula is C13H23N. The van der Waals surface area contributed by atoms with Crippen LogP contribution in [0.3, 0.4) is 0 Å². The van der Waals surface area contributed by atoms with E-state index < -0.39 is 0 Å². The average Bonchev–Trinajstić information content (AvgIpc) is 2.28. The maximum Gasteiger partial charge on any atom is -0.00799 e. The van der Waals surface area contributed by atoms with E-state index in [1.165, 1.54) is 24.8 Å². The maximum absolute atomic E-state index is 5.03. The lowest BCUT2D eigenvalue weighted by molar-refractivity contribution is 0.795. The van der Waals surface area contributed by atoms with Crippen molar-refractivity contribution in [2.45, 2.75) is 39.5 Å². The minimum atomic E-state index is 0.819. The van der Waals surface area contributed by atoms with Crippen LogP contribution in [0.1, 0.15) is 38.7 Å². The van der Waals surface area contributed by atoms with E-state index in [2.05, 4.69) is 44.2 Å². The number of aryl methyl sites for hydroxylation is 1. The summed E-state index contributed by atoms with van der Waals surface area (Å²) in [7, 11) is 0. The van der Waals surface area contributed by atoms with E-state index in [0.717, 1.165) is 13.0 Å². The van der Waals surface area contributed by atoms with E-state index in [9.17, 15) is 0 Å². The van der Waals surface area contributed by atoms with Crippen molar-refractivity contribution in [2.24, 2.45) is 5.73 Å². The van der Waals surface area contributed by atoms with Gasteiger partial charge in [0.15, 0.2) is 0 Å².